The Morgan fingerprint density at radius 3 is 2.63 bits per heavy atom. The third-order valence-electron chi connectivity index (χ3n) is 2.94. The maximum absolute atomic E-state index is 6.26. The molecular formula is C14H18N2OS2. The number of thiazole rings is 1. The van der Waals surface area contributed by atoms with E-state index in [1.807, 2.05) is 23.7 Å². The number of nitrogens with zero attached hydrogens (tertiary/aromatic N) is 1. The number of methoxy groups -OCH3 is 1. The molecule has 0 saturated heterocycles. The van der Waals surface area contributed by atoms with Crippen LogP contribution in [0.4, 0.5) is 0 Å². The van der Waals surface area contributed by atoms with E-state index in [1.54, 1.807) is 30.2 Å². The largest absolute Gasteiger partial charge is 0.497 e. The van der Waals surface area contributed by atoms with Crippen LogP contribution in [0.15, 0.2) is 40.2 Å². The second-order valence-corrected chi connectivity index (χ2v) is 6.46. The van der Waals surface area contributed by atoms with Gasteiger partial charge in [-0.15, -0.1) is 11.3 Å². The van der Waals surface area contributed by atoms with Crippen LogP contribution in [-0.4, -0.2) is 18.1 Å². The van der Waals surface area contributed by atoms with Crippen molar-refractivity contribution in [2.24, 2.45) is 5.73 Å². The third kappa shape index (κ3) is 3.72. The van der Waals surface area contributed by atoms with Gasteiger partial charge in [0.1, 0.15) is 10.1 Å². The zero-order valence-corrected chi connectivity index (χ0v) is 12.7. The average molecular weight is 294 g/mol. The van der Waals surface area contributed by atoms with Gasteiger partial charge in [0, 0.05) is 17.6 Å². The molecule has 0 fully saturated rings. The van der Waals surface area contributed by atoms with E-state index in [0.717, 1.165) is 16.5 Å². The zero-order valence-electron chi connectivity index (χ0n) is 11.1. The van der Waals surface area contributed by atoms with Gasteiger partial charge in [-0.3, -0.25) is 0 Å². The maximum Gasteiger partial charge on any atom is 0.150 e. The summed E-state index contributed by atoms with van der Waals surface area (Å²) < 4.78 is 6.25. The Morgan fingerprint density at radius 2 is 2.11 bits per heavy atom. The first-order valence-electron chi connectivity index (χ1n) is 6.20. The summed E-state index contributed by atoms with van der Waals surface area (Å²) in [6.45, 7) is 2.11. The quantitative estimate of drug-likeness (QED) is 0.825. The molecule has 2 unspecified atom stereocenters. The molecule has 2 N–H and O–H groups in total. The van der Waals surface area contributed by atoms with Crippen molar-refractivity contribution in [1.29, 1.82) is 0 Å². The van der Waals surface area contributed by atoms with E-state index < -0.39 is 0 Å². The van der Waals surface area contributed by atoms with Crippen molar-refractivity contribution in [1.82, 2.24) is 4.98 Å². The highest BCUT2D eigenvalue weighted by atomic mass is 32.2. The van der Waals surface area contributed by atoms with Crippen molar-refractivity contribution >= 4 is 23.1 Å². The summed E-state index contributed by atoms with van der Waals surface area (Å²) in [4.78, 5) is 4.33. The van der Waals surface area contributed by atoms with Crippen LogP contribution in [0, 0.1) is 0 Å². The molecule has 0 radical (unpaired) electrons. The summed E-state index contributed by atoms with van der Waals surface area (Å²) >= 11 is 3.39. The molecule has 0 aliphatic rings. The van der Waals surface area contributed by atoms with Crippen LogP contribution in [0.1, 0.15) is 24.2 Å². The standard InChI is InChI=1S/C14H18N2OS2/c1-3-12(15)13(19-14-16-8-9-18-14)10-4-6-11(17-2)7-5-10/h4-9,12-13H,3,15H2,1-2H3. The predicted molar refractivity (Wildman–Crippen MR) is 82.0 cm³/mol. The predicted octanol–water partition coefficient (Wildman–Crippen LogP) is 3.72. The van der Waals surface area contributed by atoms with Crippen molar-refractivity contribution in [2.75, 3.05) is 7.11 Å². The molecule has 5 heteroatoms. The summed E-state index contributed by atoms with van der Waals surface area (Å²) in [5.41, 5.74) is 7.48. The lowest BCUT2D eigenvalue weighted by Gasteiger charge is -2.22. The Morgan fingerprint density at radius 1 is 1.37 bits per heavy atom. The highest BCUT2D eigenvalue weighted by molar-refractivity contribution is 8.01. The number of benzene rings is 1. The zero-order chi connectivity index (χ0) is 13.7. The van der Waals surface area contributed by atoms with Gasteiger partial charge in [-0.1, -0.05) is 30.8 Å². The van der Waals surface area contributed by atoms with Crippen LogP contribution in [0.2, 0.25) is 0 Å². The number of nitrogens with two attached hydrogens (primary N) is 1. The molecule has 19 heavy (non-hydrogen) atoms. The van der Waals surface area contributed by atoms with Crippen LogP contribution in [0.5, 0.6) is 5.75 Å². The highest BCUT2D eigenvalue weighted by Gasteiger charge is 2.21. The minimum Gasteiger partial charge on any atom is -0.497 e. The molecule has 2 rings (SSSR count). The highest BCUT2D eigenvalue weighted by Crippen LogP contribution is 2.39. The molecule has 0 bridgehead atoms. The second kappa shape index (κ2) is 6.93. The van der Waals surface area contributed by atoms with E-state index in [-0.39, 0.29) is 11.3 Å². The van der Waals surface area contributed by atoms with Crippen LogP contribution in [0.3, 0.4) is 0 Å². The van der Waals surface area contributed by atoms with Crippen molar-refractivity contribution in [3.8, 4) is 5.75 Å². The normalized spacial score (nSPS) is 14.1. The number of hydrogen-bond acceptors (Lipinski definition) is 5. The minimum absolute atomic E-state index is 0.113. The minimum atomic E-state index is 0.113. The molecule has 1 heterocycles. The van der Waals surface area contributed by atoms with Gasteiger partial charge in [0.25, 0.3) is 0 Å². The average Bonchev–Trinajstić information content (AvgIpc) is 2.97. The van der Waals surface area contributed by atoms with Gasteiger partial charge in [0.05, 0.1) is 12.4 Å². The van der Waals surface area contributed by atoms with Crippen molar-refractivity contribution in [3.63, 3.8) is 0 Å². The fraction of sp³-hybridized carbons (Fsp3) is 0.357. The topological polar surface area (TPSA) is 48.1 Å². The number of hydrogen-bond donors (Lipinski definition) is 1. The van der Waals surface area contributed by atoms with E-state index in [2.05, 4.69) is 24.0 Å². The van der Waals surface area contributed by atoms with Gasteiger partial charge in [0.15, 0.2) is 0 Å². The van der Waals surface area contributed by atoms with Gasteiger partial charge in [-0.05, 0) is 24.1 Å². The van der Waals surface area contributed by atoms with Gasteiger partial charge >= 0.3 is 0 Å². The molecular weight excluding hydrogens is 276 g/mol. The summed E-state index contributed by atoms with van der Waals surface area (Å²) in [5, 5.41) is 2.22. The molecule has 0 amide bonds. The van der Waals surface area contributed by atoms with E-state index in [0.29, 0.717) is 0 Å². The molecule has 102 valence electrons. The number of rotatable bonds is 6. The molecule has 0 saturated carbocycles. The number of ether oxygens (including phenoxy) is 1. The first-order valence-corrected chi connectivity index (χ1v) is 7.96. The molecule has 1 aromatic carbocycles. The molecule has 0 aliphatic carbocycles. The van der Waals surface area contributed by atoms with Gasteiger partial charge in [-0.2, -0.15) is 0 Å². The Hall–Kier alpha value is -1.04. The lowest BCUT2D eigenvalue weighted by Crippen LogP contribution is -2.25. The van der Waals surface area contributed by atoms with E-state index in [1.165, 1.54) is 5.56 Å². The van der Waals surface area contributed by atoms with Crippen molar-refractivity contribution in [3.05, 3.63) is 41.4 Å². The summed E-state index contributed by atoms with van der Waals surface area (Å²) in [5.74, 6) is 0.867. The Labute approximate surface area is 122 Å². The van der Waals surface area contributed by atoms with Gasteiger partial charge < -0.3 is 10.5 Å². The summed E-state index contributed by atoms with van der Waals surface area (Å²) in [6.07, 6.45) is 2.77. The molecule has 0 spiro atoms. The third-order valence-corrected chi connectivity index (χ3v) is 5.27. The maximum atomic E-state index is 6.26. The van der Waals surface area contributed by atoms with Crippen LogP contribution >= 0.6 is 23.1 Å². The van der Waals surface area contributed by atoms with E-state index >= 15 is 0 Å². The Kier molecular flexibility index (Phi) is 5.24. The monoisotopic (exact) mass is 294 g/mol. The van der Waals surface area contributed by atoms with E-state index in [4.69, 9.17) is 10.5 Å². The smallest absolute Gasteiger partial charge is 0.150 e. The molecule has 0 aliphatic heterocycles. The van der Waals surface area contributed by atoms with Crippen LogP contribution in [0.25, 0.3) is 0 Å². The molecule has 2 aromatic rings. The Balaban J connectivity index is 2.20. The van der Waals surface area contributed by atoms with Crippen molar-refractivity contribution in [2.45, 2.75) is 29.0 Å². The van der Waals surface area contributed by atoms with E-state index in [9.17, 15) is 0 Å². The summed E-state index contributed by atoms with van der Waals surface area (Å²) in [6, 6.07) is 8.24. The second-order valence-electron chi connectivity index (χ2n) is 4.18. The lowest BCUT2D eigenvalue weighted by molar-refractivity contribution is 0.414. The van der Waals surface area contributed by atoms with Crippen LogP contribution < -0.4 is 10.5 Å². The first kappa shape index (κ1) is 14.4. The fourth-order valence-electron chi connectivity index (χ4n) is 1.79. The van der Waals surface area contributed by atoms with Gasteiger partial charge in [-0.25, -0.2) is 4.98 Å². The summed E-state index contributed by atoms with van der Waals surface area (Å²) in [7, 11) is 1.68. The lowest BCUT2D eigenvalue weighted by atomic mass is 10.0. The number of thioether (sulfide) groups is 1. The Bertz CT molecular complexity index is 485. The SMILES string of the molecule is CCC(N)C(Sc1nccs1)c1ccc(OC)cc1. The molecule has 3 nitrogen and oxygen atoms in total. The van der Waals surface area contributed by atoms with Crippen molar-refractivity contribution < 1.29 is 4.74 Å². The molecule has 2 atom stereocenters. The fourth-order valence-corrected chi connectivity index (χ4v) is 3.85. The van der Waals surface area contributed by atoms with Crippen LogP contribution in [-0.2, 0) is 0 Å². The van der Waals surface area contributed by atoms with Gasteiger partial charge in [0.2, 0.25) is 0 Å². The molecule has 1 aromatic heterocycles. The number of aromatic nitrogens is 1. The first-order chi connectivity index (χ1) is 9.24.